The highest BCUT2D eigenvalue weighted by atomic mass is 19.1. The van der Waals surface area contributed by atoms with Crippen molar-refractivity contribution >= 4 is 39.4 Å². The molecule has 0 unspecified atom stereocenters. The van der Waals surface area contributed by atoms with Crippen molar-refractivity contribution in [2.24, 2.45) is 7.05 Å². The monoisotopic (exact) mass is 519 g/mol. The first-order chi connectivity index (χ1) is 19.0. The second kappa shape index (κ2) is 10.4. The maximum atomic E-state index is 14.1. The lowest BCUT2D eigenvalue weighted by molar-refractivity contribution is 0.0975. The molecule has 0 aliphatic carbocycles. The predicted octanol–water partition coefficient (Wildman–Crippen LogP) is 7.33. The van der Waals surface area contributed by atoms with E-state index in [9.17, 15) is 9.18 Å². The highest BCUT2D eigenvalue weighted by Gasteiger charge is 2.13. The number of nitrogens with zero attached hydrogens (tertiary/aromatic N) is 3. The number of imidazole rings is 1. The predicted molar refractivity (Wildman–Crippen MR) is 150 cm³/mol. The molecule has 3 heterocycles. The van der Waals surface area contributed by atoms with Gasteiger partial charge in [-0.2, -0.15) is 0 Å². The first kappa shape index (κ1) is 24.4. The van der Waals surface area contributed by atoms with Crippen molar-refractivity contribution in [3.63, 3.8) is 0 Å². The Labute approximate surface area is 224 Å². The van der Waals surface area contributed by atoms with Crippen LogP contribution in [0.5, 0.6) is 11.5 Å². The van der Waals surface area contributed by atoms with Crippen LogP contribution in [0.3, 0.4) is 0 Å². The largest absolute Gasteiger partial charge is 0.457 e. The van der Waals surface area contributed by atoms with Crippen LogP contribution in [0.15, 0.2) is 91.3 Å². The van der Waals surface area contributed by atoms with Crippen molar-refractivity contribution in [3.8, 4) is 11.5 Å². The molecule has 0 aliphatic heterocycles. The van der Waals surface area contributed by atoms with Gasteiger partial charge in [0, 0.05) is 48.9 Å². The average molecular weight is 520 g/mol. The van der Waals surface area contributed by atoms with Crippen molar-refractivity contribution in [1.29, 1.82) is 0 Å². The number of hydrogen-bond acceptors (Lipinski definition) is 5. The molecular formula is C31H26FN5O2. The maximum Gasteiger partial charge on any atom is 0.208 e. The number of carbonyl (C=O) groups excluding carboxylic acids is 1. The fraction of sp³-hybridized carbons (Fsp3) is 0.129. The number of H-pyrrole nitrogens is 1. The minimum Gasteiger partial charge on any atom is -0.457 e. The molecule has 3 aromatic heterocycles. The Hall–Kier alpha value is -4.98. The number of nitrogens with one attached hydrogen (secondary N) is 2. The van der Waals surface area contributed by atoms with Crippen LogP contribution in [-0.4, -0.2) is 25.3 Å². The number of Topliss-reactive ketones (excluding diaryl/α,β-unsaturated/α-hetero) is 1. The number of ketones is 1. The summed E-state index contributed by atoms with van der Waals surface area (Å²) in [5.41, 5.74) is 4.59. The van der Waals surface area contributed by atoms with Gasteiger partial charge in [-0.1, -0.05) is 30.3 Å². The number of fused-ring (bicyclic) bond motifs is 2. The molecule has 0 bridgehead atoms. The van der Waals surface area contributed by atoms with Gasteiger partial charge in [-0.05, 0) is 54.8 Å². The van der Waals surface area contributed by atoms with Gasteiger partial charge in [-0.15, -0.1) is 0 Å². The van der Waals surface area contributed by atoms with Crippen LogP contribution in [0.4, 0.5) is 16.0 Å². The molecule has 7 nitrogen and oxygen atoms in total. The minimum absolute atomic E-state index is 0.0238. The molecule has 3 aromatic carbocycles. The van der Waals surface area contributed by atoms with Crippen LogP contribution >= 0.6 is 0 Å². The van der Waals surface area contributed by atoms with E-state index in [0.29, 0.717) is 40.8 Å². The zero-order valence-electron chi connectivity index (χ0n) is 21.3. The quantitative estimate of drug-likeness (QED) is 0.195. The van der Waals surface area contributed by atoms with E-state index in [1.165, 1.54) is 17.0 Å². The summed E-state index contributed by atoms with van der Waals surface area (Å²) < 4.78 is 22.0. The third-order valence-electron chi connectivity index (χ3n) is 6.75. The standard InChI is InChI=1S/C31H26FN5O2/c1-37-29-14-13-21(17-27(29)36-31(37)35-26-11-5-3-9-24(26)32)39-22-15-16-33-28(18-22)30(38)12-6-7-20-19-34-25-10-4-2-8-23(20)25/h2-5,8-11,13-19,34H,6-7,12H2,1H3,(H,35,36). The SMILES string of the molecule is Cn1c(Nc2ccccc2F)nc2cc(Oc3ccnc(C(=O)CCCc4c[nH]c5ccccc45)c3)ccc21. The Morgan fingerprint density at radius 3 is 2.74 bits per heavy atom. The summed E-state index contributed by atoms with van der Waals surface area (Å²) in [7, 11) is 1.86. The second-order valence-corrected chi connectivity index (χ2v) is 9.36. The van der Waals surface area contributed by atoms with E-state index in [2.05, 4.69) is 26.3 Å². The molecular weight excluding hydrogens is 493 g/mol. The smallest absolute Gasteiger partial charge is 0.208 e. The zero-order valence-corrected chi connectivity index (χ0v) is 21.3. The summed E-state index contributed by atoms with van der Waals surface area (Å²) in [6.45, 7) is 0. The number of aryl methyl sites for hydroxylation is 2. The molecule has 6 rings (SSSR count). The van der Waals surface area contributed by atoms with Gasteiger partial charge in [0.15, 0.2) is 5.78 Å². The number of pyridine rings is 1. The van der Waals surface area contributed by atoms with E-state index in [0.717, 1.165) is 23.9 Å². The summed E-state index contributed by atoms with van der Waals surface area (Å²) in [4.78, 5) is 25.0. The molecule has 0 aliphatic rings. The number of para-hydroxylation sites is 2. The molecule has 0 spiro atoms. The molecule has 8 heteroatoms. The van der Waals surface area contributed by atoms with Crippen LogP contribution in [0.25, 0.3) is 21.9 Å². The van der Waals surface area contributed by atoms with Gasteiger partial charge in [0.25, 0.3) is 0 Å². The summed E-state index contributed by atoms with van der Waals surface area (Å²) in [5, 5.41) is 4.23. The van der Waals surface area contributed by atoms with E-state index in [1.54, 1.807) is 36.5 Å². The molecule has 0 atom stereocenters. The normalized spacial score (nSPS) is 11.2. The lowest BCUT2D eigenvalue weighted by atomic mass is 10.0. The number of anilines is 2. The van der Waals surface area contributed by atoms with Gasteiger partial charge >= 0.3 is 0 Å². The summed E-state index contributed by atoms with van der Waals surface area (Å²) in [6, 6.07) is 23.5. The summed E-state index contributed by atoms with van der Waals surface area (Å²) in [5.74, 6) is 1.22. The van der Waals surface area contributed by atoms with E-state index >= 15 is 0 Å². The van der Waals surface area contributed by atoms with Gasteiger partial charge in [-0.25, -0.2) is 9.37 Å². The highest BCUT2D eigenvalue weighted by Crippen LogP contribution is 2.29. The number of rotatable bonds is 9. The molecule has 0 saturated carbocycles. The summed E-state index contributed by atoms with van der Waals surface area (Å²) >= 11 is 0. The number of halogens is 1. The fourth-order valence-electron chi connectivity index (χ4n) is 4.71. The summed E-state index contributed by atoms with van der Waals surface area (Å²) in [6.07, 6.45) is 5.53. The topological polar surface area (TPSA) is 84.8 Å². The van der Waals surface area contributed by atoms with Crippen molar-refractivity contribution in [2.45, 2.75) is 19.3 Å². The van der Waals surface area contributed by atoms with Gasteiger partial charge in [-0.3, -0.25) is 9.78 Å². The van der Waals surface area contributed by atoms with Crippen molar-refractivity contribution in [2.75, 3.05) is 5.32 Å². The fourth-order valence-corrected chi connectivity index (χ4v) is 4.71. The van der Waals surface area contributed by atoms with E-state index in [-0.39, 0.29) is 11.6 Å². The number of benzene rings is 3. The molecule has 6 aromatic rings. The third-order valence-corrected chi connectivity index (χ3v) is 6.75. The van der Waals surface area contributed by atoms with Crippen molar-refractivity contribution < 1.29 is 13.9 Å². The number of aromatic amines is 1. The van der Waals surface area contributed by atoms with E-state index in [4.69, 9.17) is 4.74 Å². The molecule has 0 radical (unpaired) electrons. The number of carbonyl (C=O) groups is 1. The van der Waals surface area contributed by atoms with Gasteiger partial charge in [0.05, 0.1) is 16.7 Å². The Morgan fingerprint density at radius 1 is 1.03 bits per heavy atom. The molecule has 0 fully saturated rings. The minimum atomic E-state index is -0.352. The van der Waals surface area contributed by atoms with Crippen LogP contribution in [0, 0.1) is 5.82 Å². The second-order valence-electron chi connectivity index (χ2n) is 9.36. The zero-order chi connectivity index (χ0) is 26.8. The molecule has 39 heavy (non-hydrogen) atoms. The van der Waals surface area contributed by atoms with E-state index in [1.807, 2.05) is 54.2 Å². The van der Waals surface area contributed by atoms with Crippen LogP contribution < -0.4 is 10.1 Å². The Kier molecular flexibility index (Phi) is 6.50. The van der Waals surface area contributed by atoms with Gasteiger partial charge in [0.1, 0.15) is 23.0 Å². The van der Waals surface area contributed by atoms with Crippen LogP contribution in [0.1, 0.15) is 28.9 Å². The molecule has 194 valence electrons. The Bertz CT molecular complexity index is 1810. The number of hydrogen-bond donors (Lipinski definition) is 2. The third kappa shape index (κ3) is 5.09. The van der Waals surface area contributed by atoms with Gasteiger partial charge in [0.2, 0.25) is 5.95 Å². The van der Waals surface area contributed by atoms with Crippen molar-refractivity contribution in [1.82, 2.24) is 19.5 Å². The number of ether oxygens (including phenoxy) is 1. The lowest BCUT2D eigenvalue weighted by Gasteiger charge is -2.08. The van der Waals surface area contributed by atoms with Crippen LogP contribution in [-0.2, 0) is 13.5 Å². The van der Waals surface area contributed by atoms with Crippen molar-refractivity contribution in [3.05, 3.63) is 108 Å². The van der Waals surface area contributed by atoms with Gasteiger partial charge < -0.3 is 19.6 Å². The molecule has 0 saturated heterocycles. The Balaban J connectivity index is 1.12. The van der Waals surface area contributed by atoms with E-state index < -0.39 is 0 Å². The van der Waals surface area contributed by atoms with Crippen LogP contribution in [0.2, 0.25) is 0 Å². The lowest BCUT2D eigenvalue weighted by Crippen LogP contribution is -2.03. The molecule has 2 N–H and O–H groups in total. The Morgan fingerprint density at radius 2 is 1.85 bits per heavy atom. The maximum absolute atomic E-state index is 14.1. The first-order valence-electron chi connectivity index (χ1n) is 12.8. The average Bonchev–Trinajstić information content (AvgIpc) is 3.50. The highest BCUT2D eigenvalue weighted by molar-refractivity contribution is 5.94. The molecule has 0 amide bonds. The first-order valence-corrected chi connectivity index (χ1v) is 12.8. The number of aromatic nitrogens is 4.